The van der Waals surface area contributed by atoms with Crippen molar-refractivity contribution in [3.05, 3.63) is 70.4 Å². The number of anilines is 1. The Kier molecular flexibility index (Phi) is 7.02. The van der Waals surface area contributed by atoms with E-state index in [4.69, 9.17) is 9.47 Å². The zero-order chi connectivity index (χ0) is 25.0. The number of carbonyl (C=O) groups is 1. The fourth-order valence-corrected chi connectivity index (χ4v) is 3.79. The van der Waals surface area contributed by atoms with Gasteiger partial charge >= 0.3 is 17.9 Å². The van der Waals surface area contributed by atoms with Gasteiger partial charge in [0.15, 0.2) is 0 Å². The highest BCUT2D eigenvalue weighted by Gasteiger charge is 2.23. The second-order valence-electron chi connectivity index (χ2n) is 9.36. The second kappa shape index (κ2) is 10.1. The molecule has 2 heterocycles. The third-order valence-corrected chi connectivity index (χ3v) is 5.41. The zero-order valence-electron chi connectivity index (χ0n) is 20.1. The minimum atomic E-state index is -0.560. The van der Waals surface area contributed by atoms with Crippen molar-refractivity contribution < 1.29 is 19.2 Å². The van der Waals surface area contributed by atoms with Crippen molar-refractivity contribution >= 4 is 17.6 Å². The molecule has 0 fully saturated rings. The molecule has 1 aliphatic rings. The zero-order valence-corrected chi connectivity index (χ0v) is 20.1. The first-order valence-electron chi connectivity index (χ1n) is 11.4. The molecule has 0 spiro atoms. The van der Waals surface area contributed by atoms with Gasteiger partial charge in [-0.05, 0) is 54.5 Å². The number of aromatic nitrogens is 2. The second-order valence-corrected chi connectivity index (χ2v) is 9.36. The van der Waals surface area contributed by atoms with Gasteiger partial charge in [-0.15, -0.1) is 0 Å². The van der Waals surface area contributed by atoms with E-state index in [0.29, 0.717) is 31.4 Å². The highest BCUT2D eigenvalue weighted by molar-refractivity contribution is 5.86. The molecule has 4 rings (SSSR count). The number of rotatable bonds is 5. The Balaban J connectivity index is 1.37. The quantitative estimate of drug-likeness (QED) is 0.417. The number of amides is 1. The number of benzene rings is 2. The number of fused-ring (bicyclic) bond motifs is 1. The van der Waals surface area contributed by atoms with E-state index in [1.165, 1.54) is 6.20 Å². The van der Waals surface area contributed by atoms with Gasteiger partial charge in [0.2, 0.25) is 0 Å². The Morgan fingerprint density at radius 1 is 1.14 bits per heavy atom. The Morgan fingerprint density at radius 2 is 1.91 bits per heavy atom. The largest absolute Gasteiger partial charge is 0.444 e. The third-order valence-electron chi connectivity index (χ3n) is 5.41. The van der Waals surface area contributed by atoms with E-state index in [1.807, 2.05) is 45.0 Å². The Morgan fingerprint density at radius 3 is 2.63 bits per heavy atom. The van der Waals surface area contributed by atoms with Crippen LogP contribution in [0, 0.1) is 10.1 Å². The summed E-state index contributed by atoms with van der Waals surface area (Å²) in [5, 5.41) is 13.8. The molecular formula is C25H29N5O5. The molecule has 1 amide bonds. The summed E-state index contributed by atoms with van der Waals surface area (Å²) in [6.07, 6.45) is 0.930. The maximum atomic E-state index is 12.1. The lowest BCUT2D eigenvalue weighted by molar-refractivity contribution is -0.389. The summed E-state index contributed by atoms with van der Waals surface area (Å²) in [6.45, 7) is 8.60. The van der Waals surface area contributed by atoms with Gasteiger partial charge in [0.05, 0.1) is 0 Å². The number of nitro groups is 1. The Bertz CT molecular complexity index is 1200. The SMILES string of the molecule is CC(C)(C)OC(=O)Nc1cccc(-c2ccc(CN3CCOc4nc([N+](=O)[O-])cn4CC3)cc2)c1. The standard InChI is InChI=1S/C25H29N5O5/c1-25(2,3)35-24(31)26-21-6-4-5-20(15-21)19-9-7-18(8-10-19)16-28-11-12-29-17-22(30(32)33)27-23(29)34-14-13-28/h4-10,15,17H,11-14,16H2,1-3H3,(H,26,31). The monoisotopic (exact) mass is 479 g/mol. The molecule has 0 saturated carbocycles. The van der Waals surface area contributed by atoms with Crippen molar-refractivity contribution in [2.24, 2.45) is 0 Å². The van der Waals surface area contributed by atoms with Gasteiger partial charge in [0.25, 0.3) is 0 Å². The van der Waals surface area contributed by atoms with Gasteiger partial charge in [-0.1, -0.05) is 36.4 Å². The van der Waals surface area contributed by atoms with Crippen LogP contribution < -0.4 is 10.1 Å². The van der Waals surface area contributed by atoms with Crippen LogP contribution in [0.2, 0.25) is 0 Å². The number of hydrogen-bond donors (Lipinski definition) is 1. The Hall–Kier alpha value is -3.92. The maximum Gasteiger partial charge on any atom is 0.414 e. The number of nitrogens with one attached hydrogen (secondary N) is 1. The van der Waals surface area contributed by atoms with Crippen LogP contribution in [0.15, 0.2) is 54.7 Å². The fraction of sp³-hybridized carbons (Fsp3) is 0.360. The first-order valence-corrected chi connectivity index (χ1v) is 11.4. The molecule has 10 heteroatoms. The van der Waals surface area contributed by atoms with Crippen LogP contribution in [0.1, 0.15) is 26.3 Å². The van der Waals surface area contributed by atoms with E-state index in [-0.39, 0.29) is 5.82 Å². The average Bonchev–Trinajstić information content (AvgIpc) is 3.17. The molecule has 3 aromatic rings. The Labute approximate surface area is 203 Å². The fourth-order valence-electron chi connectivity index (χ4n) is 3.79. The average molecular weight is 480 g/mol. The van der Waals surface area contributed by atoms with E-state index in [0.717, 1.165) is 29.8 Å². The highest BCUT2D eigenvalue weighted by atomic mass is 16.6. The number of hydrogen-bond acceptors (Lipinski definition) is 7. The number of nitrogens with zero attached hydrogens (tertiary/aromatic N) is 4. The van der Waals surface area contributed by atoms with Crippen molar-refractivity contribution in [2.45, 2.75) is 39.5 Å². The van der Waals surface area contributed by atoms with Gasteiger partial charge in [0, 0.05) is 36.9 Å². The highest BCUT2D eigenvalue weighted by Crippen LogP contribution is 2.24. The molecule has 184 valence electrons. The molecule has 0 unspecified atom stereocenters. The minimum absolute atomic E-state index is 0.200. The molecule has 0 radical (unpaired) electrons. The predicted octanol–water partition coefficient (Wildman–Crippen LogP) is 4.70. The molecule has 0 bridgehead atoms. The summed E-state index contributed by atoms with van der Waals surface area (Å²) in [6, 6.07) is 16.2. The normalized spacial score (nSPS) is 14.3. The van der Waals surface area contributed by atoms with Crippen LogP contribution in [0.5, 0.6) is 6.01 Å². The molecule has 0 atom stereocenters. The van der Waals surface area contributed by atoms with Gasteiger partial charge < -0.3 is 19.6 Å². The van der Waals surface area contributed by atoms with Crippen molar-refractivity contribution in [1.29, 1.82) is 0 Å². The predicted molar refractivity (Wildman–Crippen MR) is 131 cm³/mol. The van der Waals surface area contributed by atoms with Crippen molar-refractivity contribution in [2.75, 3.05) is 25.0 Å². The summed E-state index contributed by atoms with van der Waals surface area (Å²) >= 11 is 0. The molecule has 0 aliphatic carbocycles. The lowest BCUT2D eigenvalue weighted by Crippen LogP contribution is -2.33. The van der Waals surface area contributed by atoms with Crippen LogP contribution in [0.4, 0.5) is 16.3 Å². The van der Waals surface area contributed by atoms with Crippen molar-refractivity contribution in [3.8, 4) is 17.1 Å². The molecule has 1 N–H and O–H groups in total. The summed E-state index contributed by atoms with van der Waals surface area (Å²) in [4.78, 5) is 28.7. The van der Waals surface area contributed by atoms with E-state index < -0.39 is 16.6 Å². The molecule has 35 heavy (non-hydrogen) atoms. The molecule has 1 aliphatic heterocycles. The maximum absolute atomic E-state index is 12.1. The molecular weight excluding hydrogens is 450 g/mol. The van der Waals surface area contributed by atoms with Gasteiger partial charge in [0.1, 0.15) is 18.4 Å². The van der Waals surface area contributed by atoms with Crippen LogP contribution in [0.3, 0.4) is 0 Å². The van der Waals surface area contributed by atoms with Crippen LogP contribution in [-0.4, -0.2) is 50.8 Å². The summed E-state index contributed by atoms with van der Waals surface area (Å²) in [5.74, 6) is -0.200. The summed E-state index contributed by atoms with van der Waals surface area (Å²) in [7, 11) is 0. The van der Waals surface area contributed by atoms with E-state index in [1.54, 1.807) is 4.57 Å². The molecule has 2 aromatic carbocycles. The van der Waals surface area contributed by atoms with Crippen LogP contribution in [0.25, 0.3) is 11.1 Å². The van der Waals surface area contributed by atoms with Crippen LogP contribution >= 0.6 is 0 Å². The van der Waals surface area contributed by atoms with Crippen molar-refractivity contribution in [3.63, 3.8) is 0 Å². The van der Waals surface area contributed by atoms with E-state index in [9.17, 15) is 14.9 Å². The smallest absolute Gasteiger partial charge is 0.414 e. The number of carbonyl (C=O) groups excluding carboxylic acids is 1. The van der Waals surface area contributed by atoms with Crippen molar-refractivity contribution in [1.82, 2.24) is 14.5 Å². The minimum Gasteiger partial charge on any atom is -0.444 e. The molecule has 10 nitrogen and oxygen atoms in total. The number of ether oxygens (including phenoxy) is 2. The summed E-state index contributed by atoms with van der Waals surface area (Å²) < 4.78 is 12.6. The lowest BCUT2D eigenvalue weighted by atomic mass is 10.0. The lowest BCUT2D eigenvalue weighted by Gasteiger charge is -2.24. The molecule has 0 saturated heterocycles. The van der Waals surface area contributed by atoms with Gasteiger partial charge in [-0.25, -0.2) is 4.79 Å². The third kappa shape index (κ3) is 6.57. The van der Waals surface area contributed by atoms with Crippen LogP contribution in [-0.2, 0) is 17.8 Å². The van der Waals surface area contributed by atoms with Gasteiger partial charge in [-0.3, -0.25) is 14.8 Å². The molecule has 1 aromatic heterocycles. The topological polar surface area (TPSA) is 112 Å². The van der Waals surface area contributed by atoms with E-state index >= 15 is 0 Å². The first-order chi connectivity index (χ1) is 16.7. The summed E-state index contributed by atoms with van der Waals surface area (Å²) in [5.41, 5.74) is 3.27. The van der Waals surface area contributed by atoms with Gasteiger partial charge in [-0.2, -0.15) is 0 Å². The number of imidazole rings is 1. The first kappa shape index (κ1) is 24.2. The van der Waals surface area contributed by atoms with E-state index in [2.05, 4.69) is 39.5 Å².